The maximum absolute atomic E-state index is 12.6. The lowest BCUT2D eigenvalue weighted by molar-refractivity contribution is -0.887. The number of carbonyl (C=O) groups excluding carboxylic acids is 2. The molecule has 0 fully saturated rings. The van der Waals surface area contributed by atoms with E-state index in [0.717, 1.165) is 51.4 Å². The van der Waals surface area contributed by atoms with Gasteiger partial charge in [-0.05, 0) is 38.5 Å². The van der Waals surface area contributed by atoms with Crippen molar-refractivity contribution >= 4 is 17.9 Å². The molecule has 0 rings (SSSR count). The number of unbranched alkanes of at least 4 members (excludes halogenated alkanes) is 20. The van der Waals surface area contributed by atoms with Crippen molar-refractivity contribution in [2.45, 2.75) is 193 Å². The van der Waals surface area contributed by atoms with E-state index in [2.05, 4.69) is 26.0 Å². The Balaban J connectivity index is 4.39. The monoisotopic (exact) mass is 697 g/mol. The van der Waals surface area contributed by atoms with Crippen LogP contribution in [-0.4, -0.2) is 80.6 Å². The summed E-state index contributed by atoms with van der Waals surface area (Å²) in [6, 6.07) is -0.610. The van der Waals surface area contributed by atoms with Crippen molar-refractivity contribution in [3.05, 3.63) is 12.2 Å². The van der Waals surface area contributed by atoms with Gasteiger partial charge in [-0.3, -0.25) is 9.59 Å². The normalized spacial score (nSPS) is 13.1. The standard InChI is InChI=1S/C41H77NO7/c1-6-8-10-12-14-16-18-20-22-23-25-27-29-31-39(43)48-36-37(35-47-34-33-38(41(45)46)42(3,4)5)49-40(44)32-30-28-26-24-21-19-17-15-13-11-9-7-2/h15,17,37-38H,6-14,16,18-36H2,1-5H3/p+1/b17-15-. The molecule has 0 radical (unpaired) electrons. The van der Waals surface area contributed by atoms with Crippen LogP contribution < -0.4 is 0 Å². The van der Waals surface area contributed by atoms with E-state index >= 15 is 0 Å². The number of aliphatic carboxylic acids is 1. The van der Waals surface area contributed by atoms with Gasteiger partial charge in [0.1, 0.15) is 6.61 Å². The Morgan fingerprint density at radius 2 is 1.02 bits per heavy atom. The first-order chi connectivity index (χ1) is 23.6. The average molecular weight is 697 g/mol. The first-order valence-electron chi connectivity index (χ1n) is 20.2. The van der Waals surface area contributed by atoms with Gasteiger partial charge in [-0.15, -0.1) is 0 Å². The Labute approximate surface area is 301 Å². The molecule has 8 nitrogen and oxygen atoms in total. The highest BCUT2D eigenvalue weighted by Crippen LogP contribution is 2.14. The van der Waals surface area contributed by atoms with Crippen molar-refractivity contribution in [2.75, 3.05) is 41.0 Å². The summed E-state index contributed by atoms with van der Waals surface area (Å²) in [6.45, 7) is 4.71. The average Bonchev–Trinajstić information content (AvgIpc) is 3.05. The molecule has 0 aliphatic heterocycles. The molecule has 49 heavy (non-hydrogen) atoms. The number of hydrogen-bond donors (Lipinski definition) is 1. The fourth-order valence-electron chi connectivity index (χ4n) is 5.97. The Morgan fingerprint density at radius 1 is 0.592 bits per heavy atom. The number of allylic oxidation sites excluding steroid dienone is 2. The summed E-state index contributed by atoms with van der Waals surface area (Å²) < 4.78 is 17.2. The predicted octanol–water partition coefficient (Wildman–Crippen LogP) is 10.4. The first kappa shape index (κ1) is 47.1. The van der Waals surface area contributed by atoms with Crippen LogP contribution in [0.2, 0.25) is 0 Å². The molecule has 288 valence electrons. The van der Waals surface area contributed by atoms with Crippen LogP contribution >= 0.6 is 0 Å². The van der Waals surface area contributed by atoms with Gasteiger partial charge >= 0.3 is 17.9 Å². The predicted molar refractivity (Wildman–Crippen MR) is 202 cm³/mol. The quantitative estimate of drug-likeness (QED) is 0.0301. The van der Waals surface area contributed by atoms with Crippen LogP contribution in [0.25, 0.3) is 0 Å². The van der Waals surface area contributed by atoms with Gasteiger partial charge in [-0.1, -0.05) is 135 Å². The molecule has 0 aliphatic carbocycles. The van der Waals surface area contributed by atoms with Crippen molar-refractivity contribution < 1.29 is 38.2 Å². The Morgan fingerprint density at radius 3 is 1.51 bits per heavy atom. The van der Waals surface area contributed by atoms with Crippen LogP contribution in [0.15, 0.2) is 12.2 Å². The van der Waals surface area contributed by atoms with Crippen LogP contribution in [0.3, 0.4) is 0 Å². The minimum Gasteiger partial charge on any atom is -0.477 e. The molecule has 2 unspecified atom stereocenters. The second-order valence-electron chi connectivity index (χ2n) is 14.9. The number of likely N-dealkylation sites (N-methyl/N-ethyl adjacent to an activating group) is 1. The molecule has 8 heteroatoms. The van der Waals surface area contributed by atoms with Crippen molar-refractivity contribution in [1.29, 1.82) is 0 Å². The molecule has 1 N–H and O–H groups in total. The van der Waals surface area contributed by atoms with Crippen molar-refractivity contribution in [3.8, 4) is 0 Å². The van der Waals surface area contributed by atoms with E-state index in [1.807, 2.05) is 21.1 Å². The third-order valence-electron chi connectivity index (χ3n) is 9.16. The SMILES string of the molecule is CCCCC/C=C\CCCCCCCC(=O)OC(COCCC(C(=O)O)[N+](C)(C)C)COC(=O)CCCCCCCCCCCCCCC. The minimum atomic E-state index is -0.875. The fraction of sp³-hybridized carbons (Fsp3) is 0.878. The number of carboxylic acids is 1. The zero-order chi connectivity index (χ0) is 36.4. The summed E-state index contributed by atoms with van der Waals surface area (Å²) in [4.78, 5) is 36.8. The zero-order valence-corrected chi connectivity index (χ0v) is 32.7. The molecule has 0 amide bonds. The van der Waals surface area contributed by atoms with Crippen molar-refractivity contribution in [2.24, 2.45) is 0 Å². The Bertz CT molecular complexity index is 823. The van der Waals surface area contributed by atoms with Crippen LogP contribution in [0.1, 0.15) is 181 Å². The number of hydrogen-bond acceptors (Lipinski definition) is 6. The molecule has 0 aromatic carbocycles. The van der Waals surface area contributed by atoms with E-state index in [4.69, 9.17) is 14.2 Å². The van der Waals surface area contributed by atoms with Gasteiger partial charge in [-0.2, -0.15) is 0 Å². The number of quaternary nitrogens is 1. The van der Waals surface area contributed by atoms with Crippen LogP contribution in [0.5, 0.6) is 0 Å². The highest BCUT2D eigenvalue weighted by Gasteiger charge is 2.31. The Hall–Kier alpha value is -1.93. The van der Waals surface area contributed by atoms with Crippen LogP contribution in [0.4, 0.5) is 0 Å². The lowest BCUT2D eigenvalue weighted by atomic mass is 10.0. The molecule has 2 atom stereocenters. The summed E-state index contributed by atoms with van der Waals surface area (Å²) in [6.07, 6.45) is 32.4. The molecular weight excluding hydrogens is 618 g/mol. The highest BCUT2D eigenvalue weighted by atomic mass is 16.6. The summed E-state index contributed by atoms with van der Waals surface area (Å²) in [5.74, 6) is -1.47. The molecule has 0 heterocycles. The van der Waals surface area contributed by atoms with Gasteiger partial charge in [-0.25, -0.2) is 4.79 Å². The topological polar surface area (TPSA) is 99.1 Å². The maximum Gasteiger partial charge on any atom is 0.362 e. The maximum atomic E-state index is 12.6. The van der Waals surface area contributed by atoms with Gasteiger partial charge in [0, 0.05) is 19.3 Å². The van der Waals surface area contributed by atoms with Gasteiger partial charge < -0.3 is 23.8 Å². The van der Waals surface area contributed by atoms with E-state index in [1.165, 1.54) is 96.3 Å². The van der Waals surface area contributed by atoms with Gasteiger partial charge in [0.05, 0.1) is 34.4 Å². The molecule has 0 aliphatic rings. The molecule has 0 saturated heterocycles. The molecule has 0 bridgehead atoms. The third kappa shape index (κ3) is 31.8. The lowest BCUT2D eigenvalue weighted by Crippen LogP contribution is -2.50. The van der Waals surface area contributed by atoms with E-state index in [1.54, 1.807) is 0 Å². The Kier molecular flexibility index (Phi) is 31.9. The smallest absolute Gasteiger partial charge is 0.362 e. The number of esters is 2. The number of carboxylic acid groups (broad SMARTS) is 1. The molecule has 0 spiro atoms. The second-order valence-corrected chi connectivity index (χ2v) is 14.9. The van der Waals surface area contributed by atoms with Gasteiger partial charge in [0.2, 0.25) is 0 Å². The van der Waals surface area contributed by atoms with E-state index < -0.39 is 18.1 Å². The zero-order valence-electron chi connectivity index (χ0n) is 32.7. The van der Waals surface area contributed by atoms with E-state index in [9.17, 15) is 19.5 Å². The third-order valence-corrected chi connectivity index (χ3v) is 9.16. The molecular formula is C41H78NO7+. The summed E-state index contributed by atoms with van der Waals surface area (Å²) in [5, 5.41) is 9.58. The first-order valence-corrected chi connectivity index (χ1v) is 20.2. The number of ether oxygens (including phenoxy) is 3. The summed E-state index contributed by atoms with van der Waals surface area (Å²) in [5.41, 5.74) is 0. The van der Waals surface area contributed by atoms with Crippen LogP contribution in [-0.2, 0) is 28.6 Å². The van der Waals surface area contributed by atoms with E-state index in [-0.39, 0.29) is 36.2 Å². The summed E-state index contributed by atoms with van der Waals surface area (Å²) >= 11 is 0. The van der Waals surface area contributed by atoms with Crippen molar-refractivity contribution in [1.82, 2.24) is 0 Å². The number of nitrogens with zero attached hydrogens (tertiary/aromatic N) is 1. The molecule has 0 aromatic rings. The molecule has 0 aromatic heterocycles. The number of rotatable bonds is 36. The largest absolute Gasteiger partial charge is 0.477 e. The molecule has 0 saturated carbocycles. The van der Waals surface area contributed by atoms with E-state index in [0.29, 0.717) is 19.3 Å². The van der Waals surface area contributed by atoms with Crippen LogP contribution in [0, 0.1) is 0 Å². The number of carbonyl (C=O) groups is 3. The van der Waals surface area contributed by atoms with Gasteiger partial charge in [0.15, 0.2) is 12.1 Å². The summed E-state index contributed by atoms with van der Waals surface area (Å²) in [7, 11) is 5.52. The second kappa shape index (κ2) is 33.2. The minimum absolute atomic E-state index is 0.0489. The lowest BCUT2D eigenvalue weighted by Gasteiger charge is -2.31. The fourth-order valence-corrected chi connectivity index (χ4v) is 5.97. The van der Waals surface area contributed by atoms with Crippen molar-refractivity contribution in [3.63, 3.8) is 0 Å². The van der Waals surface area contributed by atoms with Gasteiger partial charge in [0.25, 0.3) is 0 Å². The highest BCUT2D eigenvalue weighted by molar-refractivity contribution is 5.72.